The number of aromatic amines is 1. The number of carbonyl (C=O) groups is 2. The normalized spacial score (nSPS) is 11.2. The van der Waals surface area contributed by atoms with Crippen LogP contribution in [-0.2, 0) is 6.54 Å². The highest BCUT2D eigenvalue weighted by Crippen LogP contribution is 2.30. The van der Waals surface area contributed by atoms with E-state index in [4.69, 9.17) is 0 Å². The van der Waals surface area contributed by atoms with E-state index < -0.39 is 5.97 Å². The van der Waals surface area contributed by atoms with Crippen molar-refractivity contribution in [3.05, 3.63) is 107 Å². The van der Waals surface area contributed by atoms with Crippen LogP contribution in [-0.4, -0.2) is 26.4 Å². The van der Waals surface area contributed by atoms with Crippen molar-refractivity contribution in [3.63, 3.8) is 0 Å². The minimum absolute atomic E-state index is 0.0326. The Labute approximate surface area is 172 Å². The molecule has 5 rings (SSSR count). The molecule has 0 bridgehead atoms. The van der Waals surface area contributed by atoms with Crippen molar-refractivity contribution < 1.29 is 14.7 Å². The average Bonchev–Trinajstić information content (AvgIpc) is 3.34. The fraction of sp³-hybridized carbons (Fsp3) is 0.0400. The number of carboxylic acid groups (broad SMARTS) is 1. The van der Waals surface area contributed by atoms with Crippen molar-refractivity contribution in [2.75, 3.05) is 0 Å². The minimum Gasteiger partial charge on any atom is -0.478 e. The fourth-order valence-corrected chi connectivity index (χ4v) is 4.01. The number of fused-ring (bicyclic) bond motifs is 2. The van der Waals surface area contributed by atoms with Gasteiger partial charge in [-0.3, -0.25) is 4.79 Å². The molecule has 5 aromatic rings. The van der Waals surface area contributed by atoms with Gasteiger partial charge in [-0.05, 0) is 23.8 Å². The van der Waals surface area contributed by atoms with Crippen molar-refractivity contribution >= 4 is 33.6 Å². The summed E-state index contributed by atoms with van der Waals surface area (Å²) in [5, 5.41) is 11.5. The molecule has 0 saturated heterocycles. The van der Waals surface area contributed by atoms with E-state index in [0.717, 1.165) is 22.0 Å². The molecule has 30 heavy (non-hydrogen) atoms. The standard InChI is InChI=1S/C25H18N2O3/c28-24(20-14-17-10-4-6-12-19(17)26-20)23-22(25(29)30)18-11-5-7-13-21(18)27(23)15-16-8-2-1-3-9-16/h1-14,26H,15H2,(H,29,30). The number of para-hydroxylation sites is 2. The quantitative estimate of drug-likeness (QED) is 0.407. The van der Waals surface area contributed by atoms with Gasteiger partial charge in [-0.25, -0.2) is 4.79 Å². The van der Waals surface area contributed by atoms with E-state index >= 15 is 0 Å². The Bertz CT molecular complexity index is 1380. The van der Waals surface area contributed by atoms with Crippen molar-refractivity contribution in [2.45, 2.75) is 6.54 Å². The third kappa shape index (κ3) is 2.88. The Hall–Kier alpha value is -4.12. The number of benzene rings is 3. The number of nitrogens with zero attached hydrogens (tertiary/aromatic N) is 1. The first-order valence-corrected chi connectivity index (χ1v) is 9.64. The number of ketones is 1. The molecule has 2 N–H and O–H groups in total. The zero-order valence-electron chi connectivity index (χ0n) is 16.0. The molecule has 0 aliphatic carbocycles. The number of rotatable bonds is 5. The number of aromatic nitrogens is 2. The number of H-pyrrole nitrogens is 1. The second-order valence-corrected chi connectivity index (χ2v) is 7.22. The maximum absolute atomic E-state index is 13.6. The summed E-state index contributed by atoms with van der Waals surface area (Å²) in [5.74, 6) is -1.45. The SMILES string of the molecule is O=C(O)c1c(C(=O)c2cc3ccccc3[nH]2)n(Cc2ccccc2)c2ccccc12. The van der Waals surface area contributed by atoms with Crippen LogP contribution in [0.1, 0.15) is 32.1 Å². The molecule has 0 unspecified atom stereocenters. The van der Waals surface area contributed by atoms with E-state index in [0.29, 0.717) is 17.6 Å². The Morgan fingerprint density at radius 1 is 0.867 bits per heavy atom. The number of nitrogens with one attached hydrogen (secondary N) is 1. The van der Waals surface area contributed by atoms with Crippen LogP contribution in [0.2, 0.25) is 0 Å². The van der Waals surface area contributed by atoms with E-state index in [1.165, 1.54) is 0 Å². The molecule has 146 valence electrons. The lowest BCUT2D eigenvalue weighted by molar-refractivity contribution is 0.0694. The second kappa shape index (κ2) is 7.04. The first-order chi connectivity index (χ1) is 14.6. The van der Waals surface area contributed by atoms with Crippen LogP contribution in [0, 0.1) is 0 Å². The summed E-state index contributed by atoms with van der Waals surface area (Å²) < 4.78 is 1.81. The molecule has 0 atom stereocenters. The number of hydrogen-bond acceptors (Lipinski definition) is 2. The molecule has 0 aliphatic heterocycles. The van der Waals surface area contributed by atoms with Crippen LogP contribution in [0.4, 0.5) is 0 Å². The Kier molecular flexibility index (Phi) is 4.21. The third-order valence-corrected chi connectivity index (χ3v) is 5.36. The summed E-state index contributed by atoms with van der Waals surface area (Å²) in [5.41, 5.74) is 3.13. The minimum atomic E-state index is -1.11. The van der Waals surface area contributed by atoms with Crippen molar-refractivity contribution in [1.82, 2.24) is 9.55 Å². The van der Waals surface area contributed by atoms with Crippen LogP contribution in [0.15, 0.2) is 84.9 Å². The molecule has 0 aliphatic rings. The zero-order valence-corrected chi connectivity index (χ0v) is 16.0. The maximum Gasteiger partial charge on any atom is 0.338 e. The summed E-state index contributed by atoms with van der Waals surface area (Å²) in [7, 11) is 0. The molecule has 2 heterocycles. The first kappa shape index (κ1) is 17.9. The molecule has 0 radical (unpaired) electrons. The molecule has 0 fully saturated rings. The van der Waals surface area contributed by atoms with Gasteiger partial charge in [0, 0.05) is 28.4 Å². The predicted molar refractivity (Wildman–Crippen MR) is 116 cm³/mol. The summed E-state index contributed by atoms with van der Waals surface area (Å²) in [6.07, 6.45) is 0. The van der Waals surface area contributed by atoms with Crippen molar-refractivity contribution in [3.8, 4) is 0 Å². The van der Waals surface area contributed by atoms with E-state index in [-0.39, 0.29) is 17.0 Å². The highest BCUT2D eigenvalue weighted by molar-refractivity contribution is 6.19. The lowest BCUT2D eigenvalue weighted by Crippen LogP contribution is -2.15. The van der Waals surface area contributed by atoms with Gasteiger partial charge in [-0.1, -0.05) is 66.7 Å². The van der Waals surface area contributed by atoms with Crippen LogP contribution < -0.4 is 0 Å². The number of aromatic carboxylic acids is 1. The Balaban J connectivity index is 1.76. The lowest BCUT2D eigenvalue weighted by Gasteiger charge is -2.10. The highest BCUT2D eigenvalue weighted by atomic mass is 16.4. The van der Waals surface area contributed by atoms with Crippen LogP contribution >= 0.6 is 0 Å². The third-order valence-electron chi connectivity index (χ3n) is 5.36. The first-order valence-electron chi connectivity index (χ1n) is 9.64. The lowest BCUT2D eigenvalue weighted by atomic mass is 10.1. The zero-order chi connectivity index (χ0) is 20.7. The summed E-state index contributed by atoms with van der Waals surface area (Å²) >= 11 is 0. The molecule has 0 spiro atoms. The number of carboxylic acids is 1. The molecule has 0 amide bonds. The largest absolute Gasteiger partial charge is 0.478 e. The average molecular weight is 394 g/mol. The molecule has 0 saturated carbocycles. The van der Waals surface area contributed by atoms with Crippen molar-refractivity contribution in [2.24, 2.45) is 0 Å². The van der Waals surface area contributed by atoms with Crippen LogP contribution in [0.3, 0.4) is 0 Å². The number of carbonyl (C=O) groups excluding carboxylic acids is 1. The number of hydrogen-bond donors (Lipinski definition) is 2. The molecule has 5 nitrogen and oxygen atoms in total. The van der Waals surface area contributed by atoms with E-state index in [2.05, 4.69) is 4.98 Å². The smallest absolute Gasteiger partial charge is 0.338 e. The van der Waals surface area contributed by atoms with Crippen LogP contribution in [0.5, 0.6) is 0 Å². The summed E-state index contributed by atoms with van der Waals surface area (Å²) in [6.45, 7) is 0.399. The summed E-state index contributed by atoms with van der Waals surface area (Å²) in [4.78, 5) is 29.0. The van der Waals surface area contributed by atoms with Gasteiger partial charge in [-0.15, -0.1) is 0 Å². The second-order valence-electron chi connectivity index (χ2n) is 7.22. The topological polar surface area (TPSA) is 75.1 Å². The van der Waals surface area contributed by atoms with Gasteiger partial charge in [0.2, 0.25) is 5.78 Å². The Morgan fingerprint density at radius 2 is 1.57 bits per heavy atom. The van der Waals surface area contributed by atoms with Gasteiger partial charge in [0.15, 0.2) is 0 Å². The van der Waals surface area contributed by atoms with Gasteiger partial charge in [0.05, 0.1) is 11.3 Å². The molecular weight excluding hydrogens is 376 g/mol. The molecule has 3 aromatic carbocycles. The highest BCUT2D eigenvalue weighted by Gasteiger charge is 2.28. The van der Waals surface area contributed by atoms with Gasteiger partial charge in [-0.2, -0.15) is 0 Å². The molecular formula is C25H18N2O3. The fourth-order valence-electron chi connectivity index (χ4n) is 4.01. The van der Waals surface area contributed by atoms with Gasteiger partial charge < -0.3 is 14.7 Å². The van der Waals surface area contributed by atoms with Gasteiger partial charge in [0.1, 0.15) is 5.69 Å². The van der Waals surface area contributed by atoms with Gasteiger partial charge in [0.25, 0.3) is 0 Å². The monoisotopic (exact) mass is 394 g/mol. The van der Waals surface area contributed by atoms with E-state index in [1.807, 2.05) is 71.3 Å². The summed E-state index contributed by atoms with van der Waals surface area (Å²) in [6, 6.07) is 26.3. The molecule has 2 aromatic heterocycles. The molecule has 5 heteroatoms. The van der Waals surface area contributed by atoms with Gasteiger partial charge >= 0.3 is 5.97 Å². The predicted octanol–water partition coefficient (Wildman–Crippen LogP) is 5.10. The van der Waals surface area contributed by atoms with Crippen LogP contribution in [0.25, 0.3) is 21.8 Å². The maximum atomic E-state index is 13.6. The Morgan fingerprint density at radius 3 is 2.33 bits per heavy atom. The van der Waals surface area contributed by atoms with Crippen molar-refractivity contribution in [1.29, 1.82) is 0 Å². The van der Waals surface area contributed by atoms with E-state index in [1.54, 1.807) is 18.2 Å². The van der Waals surface area contributed by atoms with E-state index in [9.17, 15) is 14.7 Å².